The molecule has 3 N–H and O–H groups in total. The summed E-state index contributed by atoms with van der Waals surface area (Å²) >= 11 is 0. The molecule has 31 heavy (non-hydrogen) atoms. The lowest BCUT2D eigenvalue weighted by molar-refractivity contribution is -0.123. The van der Waals surface area contributed by atoms with Gasteiger partial charge in [-0.25, -0.2) is 4.79 Å². The summed E-state index contributed by atoms with van der Waals surface area (Å²) in [4.78, 5) is 25.0. The number of rotatable bonds is 10. The number of urea groups is 1. The van der Waals surface area contributed by atoms with Crippen LogP contribution in [0.4, 0.5) is 13.6 Å². The Balaban J connectivity index is 1.94. The van der Waals surface area contributed by atoms with Crippen molar-refractivity contribution in [3.63, 3.8) is 0 Å². The van der Waals surface area contributed by atoms with Crippen molar-refractivity contribution >= 4 is 11.9 Å². The van der Waals surface area contributed by atoms with E-state index in [1.807, 2.05) is 45.0 Å². The Morgan fingerprint density at radius 2 is 1.65 bits per heavy atom. The van der Waals surface area contributed by atoms with E-state index in [1.54, 1.807) is 18.2 Å². The zero-order valence-corrected chi connectivity index (χ0v) is 18.0. The largest absolute Gasteiger partial charge is 0.434 e. The second-order valence-corrected chi connectivity index (χ2v) is 7.70. The summed E-state index contributed by atoms with van der Waals surface area (Å²) in [6, 6.07) is 12.8. The average Bonchev–Trinajstić information content (AvgIpc) is 2.71. The van der Waals surface area contributed by atoms with Crippen LogP contribution >= 0.6 is 0 Å². The lowest BCUT2D eigenvalue weighted by Gasteiger charge is -2.21. The maximum atomic E-state index is 12.7. The highest BCUT2D eigenvalue weighted by atomic mass is 19.3. The first kappa shape index (κ1) is 24.1. The van der Waals surface area contributed by atoms with E-state index < -0.39 is 24.6 Å². The van der Waals surface area contributed by atoms with Crippen LogP contribution in [0.1, 0.15) is 37.0 Å². The van der Waals surface area contributed by atoms with Gasteiger partial charge in [-0.15, -0.1) is 0 Å². The smallest absolute Gasteiger partial charge is 0.387 e. The highest BCUT2D eigenvalue weighted by molar-refractivity contribution is 5.87. The van der Waals surface area contributed by atoms with E-state index in [0.717, 1.165) is 11.1 Å². The molecule has 2 aromatic rings. The van der Waals surface area contributed by atoms with E-state index in [2.05, 4.69) is 20.7 Å². The van der Waals surface area contributed by atoms with Crippen molar-refractivity contribution in [2.24, 2.45) is 5.92 Å². The molecular weight excluding hydrogens is 404 g/mol. The van der Waals surface area contributed by atoms with Gasteiger partial charge in [0.1, 0.15) is 11.8 Å². The number of ether oxygens (including phenoxy) is 1. The summed E-state index contributed by atoms with van der Waals surface area (Å²) in [5, 5.41) is 8.14. The number of benzene rings is 2. The highest BCUT2D eigenvalue weighted by Gasteiger charge is 2.22. The molecule has 0 spiro atoms. The Morgan fingerprint density at radius 1 is 0.968 bits per heavy atom. The minimum absolute atomic E-state index is 0.00186. The van der Waals surface area contributed by atoms with Crippen LogP contribution in [0.5, 0.6) is 5.75 Å². The summed E-state index contributed by atoms with van der Waals surface area (Å²) in [6.07, 6.45) is 0.430. The van der Waals surface area contributed by atoms with Crippen molar-refractivity contribution in [3.05, 3.63) is 65.2 Å². The number of para-hydroxylation sites is 1. The molecular formula is C23H29F2N3O3. The third-order valence-electron chi connectivity index (χ3n) is 4.54. The van der Waals surface area contributed by atoms with Crippen LogP contribution in [0.3, 0.4) is 0 Å². The normalized spacial score (nSPS) is 11.8. The van der Waals surface area contributed by atoms with E-state index >= 15 is 0 Å². The summed E-state index contributed by atoms with van der Waals surface area (Å²) < 4.78 is 29.6. The second kappa shape index (κ2) is 11.9. The van der Waals surface area contributed by atoms with Crippen molar-refractivity contribution in [2.45, 2.75) is 52.9 Å². The topological polar surface area (TPSA) is 79.5 Å². The second-order valence-electron chi connectivity index (χ2n) is 7.70. The summed E-state index contributed by atoms with van der Waals surface area (Å²) in [5.74, 6) is -0.240. The number of carbonyl (C=O) groups is 2. The standard InChI is InChI=1S/C23H29F2N3O3/c1-15(2)12-19(28-23(30)27-13-17-10-8-16(3)9-11-17)21(29)26-14-18-6-4-5-7-20(18)31-22(24)25/h4-11,15,19,22H,12-14H2,1-3H3,(H,26,29)(H2,27,28,30). The summed E-state index contributed by atoms with van der Waals surface area (Å²) in [7, 11) is 0. The fourth-order valence-electron chi connectivity index (χ4n) is 2.97. The molecule has 8 heteroatoms. The van der Waals surface area contributed by atoms with Gasteiger partial charge in [0.2, 0.25) is 5.91 Å². The van der Waals surface area contributed by atoms with Gasteiger partial charge in [0, 0.05) is 18.7 Å². The Labute approximate surface area is 181 Å². The Bertz CT molecular complexity index is 857. The number of nitrogens with one attached hydrogen (secondary N) is 3. The van der Waals surface area contributed by atoms with Gasteiger partial charge in [-0.1, -0.05) is 61.9 Å². The predicted molar refractivity (Wildman–Crippen MR) is 115 cm³/mol. The van der Waals surface area contributed by atoms with Crippen LogP contribution in [-0.2, 0) is 17.9 Å². The number of hydrogen-bond acceptors (Lipinski definition) is 3. The maximum Gasteiger partial charge on any atom is 0.387 e. The van der Waals surface area contributed by atoms with Gasteiger partial charge in [-0.2, -0.15) is 8.78 Å². The zero-order valence-electron chi connectivity index (χ0n) is 18.0. The molecule has 0 fully saturated rings. The third kappa shape index (κ3) is 8.62. The lowest BCUT2D eigenvalue weighted by Crippen LogP contribution is -2.50. The monoisotopic (exact) mass is 433 g/mol. The SMILES string of the molecule is Cc1ccc(CNC(=O)NC(CC(C)C)C(=O)NCc2ccccc2OC(F)F)cc1. The molecule has 0 aliphatic heterocycles. The molecule has 0 saturated heterocycles. The van der Waals surface area contributed by atoms with Gasteiger partial charge in [-0.3, -0.25) is 4.79 Å². The molecule has 0 aliphatic rings. The summed E-state index contributed by atoms with van der Waals surface area (Å²) in [6.45, 7) is 3.25. The van der Waals surface area contributed by atoms with Crippen LogP contribution in [0, 0.1) is 12.8 Å². The number of aryl methyl sites for hydroxylation is 1. The fourth-order valence-corrected chi connectivity index (χ4v) is 2.97. The average molecular weight is 433 g/mol. The molecule has 1 unspecified atom stereocenters. The van der Waals surface area contributed by atoms with Gasteiger partial charge in [0.25, 0.3) is 0 Å². The van der Waals surface area contributed by atoms with Gasteiger partial charge in [-0.05, 0) is 30.9 Å². The molecule has 0 aliphatic carbocycles. The van der Waals surface area contributed by atoms with Crippen molar-refractivity contribution in [1.82, 2.24) is 16.0 Å². The van der Waals surface area contributed by atoms with Gasteiger partial charge >= 0.3 is 12.6 Å². The Morgan fingerprint density at radius 3 is 2.29 bits per heavy atom. The summed E-state index contributed by atoms with van der Waals surface area (Å²) in [5.41, 5.74) is 2.49. The first-order valence-corrected chi connectivity index (χ1v) is 10.1. The molecule has 1 atom stereocenters. The molecule has 6 nitrogen and oxygen atoms in total. The molecule has 2 aromatic carbocycles. The third-order valence-corrected chi connectivity index (χ3v) is 4.54. The van der Waals surface area contributed by atoms with Crippen molar-refractivity contribution in [2.75, 3.05) is 0 Å². The number of halogens is 2. The fraction of sp³-hybridized carbons (Fsp3) is 0.391. The molecule has 3 amide bonds. The minimum Gasteiger partial charge on any atom is -0.434 e. The van der Waals surface area contributed by atoms with Gasteiger partial charge in [0.05, 0.1) is 0 Å². The highest BCUT2D eigenvalue weighted by Crippen LogP contribution is 2.20. The first-order chi connectivity index (χ1) is 14.7. The van der Waals surface area contributed by atoms with E-state index in [-0.39, 0.29) is 18.2 Å². The molecule has 0 radical (unpaired) electrons. The van der Waals surface area contributed by atoms with E-state index in [1.165, 1.54) is 6.07 Å². The van der Waals surface area contributed by atoms with Crippen molar-refractivity contribution < 1.29 is 23.1 Å². The van der Waals surface area contributed by atoms with E-state index in [0.29, 0.717) is 18.5 Å². The van der Waals surface area contributed by atoms with Gasteiger partial charge in [0.15, 0.2) is 0 Å². The molecule has 168 valence electrons. The molecule has 0 heterocycles. The zero-order chi connectivity index (χ0) is 22.8. The van der Waals surface area contributed by atoms with Crippen LogP contribution in [0.25, 0.3) is 0 Å². The number of hydrogen-bond donors (Lipinski definition) is 3. The van der Waals surface area contributed by atoms with Gasteiger partial charge < -0.3 is 20.7 Å². The van der Waals surface area contributed by atoms with E-state index in [4.69, 9.17) is 0 Å². The molecule has 0 saturated carbocycles. The van der Waals surface area contributed by atoms with Crippen LogP contribution < -0.4 is 20.7 Å². The van der Waals surface area contributed by atoms with Crippen LogP contribution in [0.2, 0.25) is 0 Å². The molecule has 0 aromatic heterocycles. The number of amides is 3. The Kier molecular flexibility index (Phi) is 9.24. The van der Waals surface area contributed by atoms with Crippen molar-refractivity contribution in [1.29, 1.82) is 0 Å². The quantitative estimate of drug-likeness (QED) is 0.527. The first-order valence-electron chi connectivity index (χ1n) is 10.1. The number of carbonyl (C=O) groups excluding carboxylic acids is 2. The maximum absolute atomic E-state index is 12.7. The Hall–Kier alpha value is -3.16. The minimum atomic E-state index is -2.95. The lowest BCUT2D eigenvalue weighted by atomic mass is 10.0. The van der Waals surface area contributed by atoms with Crippen LogP contribution in [-0.4, -0.2) is 24.6 Å². The van der Waals surface area contributed by atoms with E-state index in [9.17, 15) is 18.4 Å². The molecule has 2 rings (SSSR count). The predicted octanol–water partition coefficient (Wildman–Crippen LogP) is 4.13. The molecule has 0 bridgehead atoms. The van der Waals surface area contributed by atoms with Crippen LogP contribution in [0.15, 0.2) is 48.5 Å². The van der Waals surface area contributed by atoms with Crippen molar-refractivity contribution in [3.8, 4) is 5.75 Å². The number of alkyl halides is 2.